The van der Waals surface area contributed by atoms with E-state index in [1.54, 1.807) is 0 Å². The third-order valence-electron chi connectivity index (χ3n) is 8.12. The average molecular weight is 357 g/mol. The number of hydrogen-bond donors (Lipinski definition) is 1. The van der Waals surface area contributed by atoms with E-state index in [0.29, 0.717) is 30.0 Å². The average Bonchev–Trinajstić information content (AvgIpc) is 3.26. The van der Waals surface area contributed by atoms with Gasteiger partial charge in [-0.25, -0.2) is 0 Å². The highest BCUT2D eigenvalue weighted by Crippen LogP contribution is 2.49. The molecule has 3 heterocycles. The Kier molecular flexibility index (Phi) is 4.25. The smallest absolute Gasteiger partial charge is 0.241 e. The molecule has 5 aliphatic rings. The van der Waals surface area contributed by atoms with Gasteiger partial charge in [-0.2, -0.15) is 5.26 Å². The molecule has 26 heavy (non-hydrogen) atoms. The molecule has 0 aromatic carbocycles. The molecule has 1 amide bonds. The molecule has 5 nitrogen and oxygen atoms in total. The third kappa shape index (κ3) is 2.68. The van der Waals surface area contributed by atoms with Crippen molar-refractivity contribution in [3.63, 3.8) is 0 Å². The molecule has 0 aromatic heterocycles. The van der Waals surface area contributed by atoms with Gasteiger partial charge in [-0.05, 0) is 63.2 Å². The number of amides is 1. The van der Waals surface area contributed by atoms with Gasteiger partial charge in [0, 0.05) is 24.2 Å². The number of nitrogens with two attached hydrogens (primary N) is 1. The van der Waals surface area contributed by atoms with Crippen LogP contribution in [0.15, 0.2) is 0 Å². The van der Waals surface area contributed by atoms with Crippen LogP contribution in [-0.4, -0.2) is 52.0 Å². The molecule has 5 rings (SSSR count). The van der Waals surface area contributed by atoms with Crippen molar-refractivity contribution in [2.45, 2.75) is 107 Å². The van der Waals surface area contributed by atoms with Crippen LogP contribution in [0.4, 0.5) is 0 Å². The van der Waals surface area contributed by atoms with E-state index >= 15 is 0 Å². The van der Waals surface area contributed by atoms with Crippen molar-refractivity contribution < 1.29 is 4.79 Å². The molecular formula is C21H32N4O. The molecule has 3 saturated heterocycles. The third-order valence-corrected chi connectivity index (χ3v) is 8.12. The molecule has 5 fully saturated rings. The fourth-order valence-corrected chi connectivity index (χ4v) is 6.79. The van der Waals surface area contributed by atoms with Crippen molar-refractivity contribution in [3.05, 3.63) is 0 Å². The molecule has 0 radical (unpaired) electrons. The number of nitriles is 1. The van der Waals surface area contributed by atoms with Gasteiger partial charge in [-0.3, -0.25) is 9.69 Å². The Morgan fingerprint density at radius 3 is 2.31 bits per heavy atom. The maximum Gasteiger partial charge on any atom is 0.241 e. The van der Waals surface area contributed by atoms with Crippen molar-refractivity contribution in [2.24, 2.45) is 17.6 Å². The number of likely N-dealkylation sites (tertiary alicyclic amines) is 1. The second-order valence-corrected chi connectivity index (χ2v) is 9.57. The quantitative estimate of drug-likeness (QED) is 0.843. The lowest BCUT2D eigenvalue weighted by Crippen LogP contribution is -2.56. The van der Waals surface area contributed by atoms with Crippen LogP contribution in [0.25, 0.3) is 0 Å². The normalized spacial score (nSPS) is 43.8. The SMILES string of the molecule is N#C[C@@H]1C[C@@H]2C[C@@H]2N1C(=O)[C@@H](N)C1C[C@@H]2CC[C@@H](C1)N2C1CCCCC1. The minimum absolute atomic E-state index is 0.0667. The van der Waals surface area contributed by atoms with Crippen molar-refractivity contribution in [1.29, 1.82) is 5.26 Å². The van der Waals surface area contributed by atoms with E-state index < -0.39 is 6.04 Å². The number of carbonyl (C=O) groups is 1. The summed E-state index contributed by atoms with van der Waals surface area (Å²) in [6, 6.07) is 4.08. The lowest BCUT2D eigenvalue weighted by molar-refractivity contribution is -0.135. The first kappa shape index (κ1) is 17.0. The summed E-state index contributed by atoms with van der Waals surface area (Å²) in [5, 5.41) is 9.40. The van der Waals surface area contributed by atoms with Gasteiger partial charge in [0.15, 0.2) is 0 Å². The van der Waals surface area contributed by atoms with E-state index in [-0.39, 0.29) is 11.9 Å². The van der Waals surface area contributed by atoms with Crippen LogP contribution in [0.2, 0.25) is 0 Å². The Bertz CT molecular complexity index is 596. The van der Waals surface area contributed by atoms with Gasteiger partial charge in [0.2, 0.25) is 5.91 Å². The van der Waals surface area contributed by atoms with Gasteiger partial charge < -0.3 is 10.6 Å². The number of carbonyl (C=O) groups excluding carboxylic acids is 1. The van der Waals surface area contributed by atoms with Crippen LogP contribution in [0, 0.1) is 23.2 Å². The van der Waals surface area contributed by atoms with Crippen LogP contribution in [0.1, 0.15) is 70.6 Å². The minimum Gasteiger partial charge on any atom is -0.322 e. The topological polar surface area (TPSA) is 73.4 Å². The van der Waals surface area contributed by atoms with Gasteiger partial charge in [-0.1, -0.05) is 19.3 Å². The van der Waals surface area contributed by atoms with Gasteiger partial charge in [-0.15, -0.1) is 0 Å². The summed E-state index contributed by atoms with van der Waals surface area (Å²) in [7, 11) is 0. The second kappa shape index (κ2) is 6.49. The predicted molar refractivity (Wildman–Crippen MR) is 99.0 cm³/mol. The number of piperidine rings is 2. The second-order valence-electron chi connectivity index (χ2n) is 9.57. The summed E-state index contributed by atoms with van der Waals surface area (Å²) < 4.78 is 0. The highest BCUT2D eigenvalue weighted by molar-refractivity contribution is 5.84. The lowest BCUT2D eigenvalue weighted by atomic mass is 9.82. The van der Waals surface area contributed by atoms with E-state index in [0.717, 1.165) is 31.7 Å². The summed E-state index contributed by atoms with van der Waals surface area (Å²) in [4.78, 5) is 17.8. The van der Waals surface area contributed by atoms with E-state index in [2.05, 4.69) is 11.0 Å². The van der Waals surface area contributed by atoms with Gasteiger partial charge in [0.1, 0.15) is 6.04 Å². The van der Waals surface area contributed by atoms with Crippen molar-refractivity contribution >= 4 is 5.91 Å². The van der Waals surface area contributed by atoms with E-state index in [9.17, 15) is 10.1 Å². The van der Waals surface area contributed by atoms with E-state index in [4.69, 9.17) is 5.73 Å². The Morgan fingerprint density at radius 2 is 1.65 bits per heavy atom. The summed E-state index contributed by atoms with van der Waals surface area (Å²) in [5.41, 5.74) is 6.53. The zero-order valence-electron chi connectivity index (χ0n) is 15.7. The molecule has 5 heteroatoms. The van der Waals surface area contributed by atoms with Crippen molar-refractivity contribution in [1.82, 2.24) is 9.80 Å². The van der Waals surface area contributed by atoms with Crippen LogP contribution < -0.4 is 5.73 Å². The highest BCUT2D eigenvalue weighted by atomic mass is 16.2. The van der Waals surface area contributed by atoms with E-state index in [1.807, 2.05) is 4.90 Å². The Morgan fingerprint density at radius 1 is 0.962 bits per heavy atom. The standard InChI is InChI=1S/C21H32N4O/c22-12-18-8-13-11-19(13)25(18)21(26)20(23)14-9-16-6-7-17(10-14)24(16)15-4-2-1-3-5-15/h13-20H,1-11,23H2/t13-,16+,17+,18+,19+,20+/m1/s1. The fraction of sp³-hybridized carbons (Fsp3) is 0.905. The number of rotatable bonds is 3. The predicted octanol–water partition coefficient (Wildman–Crippen LogP) is 2.40. The van der Waals surface area contributed by atoms with E-state index in [1.165, 1.54) is 44.9 Å². The Hall–Kier alpha value is -1.12. The monoisotopic (exact) mass is 356 g/mol. The van der Waals surface area contributed by atoms with Crippen molar-refractivity contribution in [3.8, 4) is 6.07 Å². The van der Waals surface area contributed by atoms with Gasteiger partial charge >= 0.3 is 0 Å². The van der Waals surface area contributed by atoms with Gasteiger partial charge in [0.05, 0.1) is 12.1 Å². The van der Waals surface area contributed by atoms with Crippen LogP contribution in [-0.2, 0) is 4.79 Å². The zero-order chi connectivity index (χ0) is 17.8. The van der Waals surface area contributed by atoms with Crippen LogP contribution in [0.3, 0.4) is 0 Å². The largest absolute Gasteiger partial charge is 0.322 e. The molecule has 2 saturated carbocycles. The number of nitrogens with zero attached hydrogens (tertiary/aromatic N) is 3. The molecule has 6 atom stereocenters. The highest BCUT2D eigenvalue weighted by Gasteiger charge is 2.56. The number of fused-ring (bicyclic) bond motifs is 3. The fourth-order valence-electron chi connectivity index (χ4n) is 6.79. The van der Waals surface area contributed by atoms with Crippen molar-refractivity contribution in [2.75, 3.05) is 0 Å². The molecule has 142 valence electrons. The molecular weight excluding hydrogens is 324 g/mol. The summed E-state index contributed by atoms with van der Waals surface area (Å²) >= 11 is 0. The summed E-state index contributed by atoms with van der Waals surface area (Å²) in [6.45, 7) is 0. The molecule has 2 aliphatic carbocycles. The minimum atomic E-state index is -0.401. The lowest BCUT2D eigenvalue weighted by Gasteiger charge is -2.46. The maximum atomic E-state index is 13.1. The van der Waals surface area contributed by atoms with Crippen LogP contribution in [0.5, 0.6) is 0 Å². The summed E-state index contributed by atoms with van der Waals surface area (Å²) in [6.07, 6.45) is 13.6. The van der Waals surface area contributed by atoms with Gasteiger partial charge in [0.25, 0.3) is 0 Å². The first-order chi connectivity index (χ1) is 12.7. The van der Waals surface area contributed by atoms with Crippen LogP contribution >= 0.6 is 0 Å². The Balaban J connectivity index is 1.26. The first-order valence-electron chi connectivity index (χ1n) is 10.9. The Labute approximate surface area is 156 Å². The first-order valence-corrected chi connectivity index (χ1v) is 10.9. The molecule has 2 bridgehead atoms. The zero-order valence-corrected chi connectivity index (χ0v) is 15.7. The molecule has 3 aliphatic heterocycles. The summed E-state index contributed by atoms with van der Waals surface area (Å²) in [5.74, 6) is 0.939. The molecule has 0 aromatic rings. The molecule has 0 spiro atoms. The molecule has 0 unspecified atom stereocenters. The molecule has 2 N–H and O–H groups in total. The number of hydrogen-bond acceptors (Lipinski definition) is 4. The maximum absolute atomic E-state index is 13.1.